The summed E-state index contributed by atoms with van der Waals surface area (Å²) in [6.07, 6.45) is 75.8. The van der Waals surface area contributed by atoms with Gasteiger partial charge in [-0.25, -0.2) is 0 Å². The number of esters is 2. The van der Waals surface area contributed by atoms with Gasteiger partial charge >= 0.3 is 11.9 Å². The highest BCUT2D eigenvalue weighted by Crippen LogP contribution is 2.19. The van der Waals surface area contributed by atoms with Crippen LogP contribution >= 0.6 is 0 Å². The standard InChI is InChI=1S/C72H137NO8/c1-6-8-10-12-14-16-18-20-22-23-24-25-26-27-28-29-30-31-32-33-34-35-36-37-38-39-40-41-42-43-44-45-46-47-49-51-53-55-57-59-61-63-70(75)81-68(67-80-72(71(76)77)78-65-64-73(3,4)5)66-79-69(74)62-60-58-56-54-52-50-48-21-19-17-15-13-11-9-7-2/h18,20,23-24,68,72H,6-17,19,21-22,25-67H2,1-5H3/b20-18-,24-23-. The molecule has 0 aliphatic rings. The molecule has 0 N–H and O–H groups in total. The van der Waals surface area contributed by atoms with Gasteiger partial charge in [0.05, 0.1) is 40.3 Å². The quantitative estimate of drug-likeness (QED) is 0.0195. The maximum absolute atomic E-state index is 12.9. The molecule has 0 saturated heterocycles. The van der Waals surface area contributed by atoms with E-state index in [4.69, 9.17) is 18.9 Å². The van der Waals surface area contributed by atoms with E-state index in [1.807, 2.05) is 21.1 Å². The Morgan fingerprint density at radius 2 is 0.667 bits per heavy atom. The fourth-order valence-corrected chi connectivity index (χ4v) is 10.7. The minimum absolute atomic E-state index is 0.152. The maximum Gasteiger partial charge on any atom is 0.306 e. The summed E-state index contributed by atoms with van der Waals surface area (Å²) in [5.41, 5.74) is 0. The molecule has 9 heteroatoms. The van der Waals surface area contributed by atoms with Crippen molar-refractivity contribution in [2.45, 2.75) is 373 Å². The Morgan fingerprint density at radius 1 is 0.370 bits per heavy atom. The number of carbonyl (C=O) groups is 3. The minimum Gasteiger partial charge on any atom is -0.545 e. The van der Waals surface area contributed by atoms with E-state index in [0.29, 0.717) is 17.4 Å². The summed E-state index contributed by atoms with van der Waals surface area (Å²) in [7, 11) is 5.94. The van der Waals surface area contributed by atoms with Crippen LogP contribution in [-0.2, 0) is 33.3 Å². The fourth-order valence-electron chi connectivity index (χ4n) is 10.7. The molecule has 0 amide bonds. The second kappa shape index (κ2) is 63.8. The van der Waals surface area contributed by atoms with Crippen LogP contribution in [0.3, 0.4) is 0 Å². The molecule has 0 fully saturated rings. The molecule has 2 atom stereocenters. The van der Waals surface area contributed by atoms with Crippen LogP contribution < -0.4 is 5.11 Å². The number of carbonyl (C=O) groups excluding carboxylic acids is 3. The maximum atomic E-state index is 12.9. The van der Waals surface area contributed by atoms with Gasteiger partial charge in [0, 0.05) is 12.8 Å². The van der Waals surface area contributed by atoms with Gasteiger partial charge in [-0.3, -0.25) is 9.59 Å². The number of hydrogen-bond donors (Lipinski definition) is 0. The zero-order valence-electron chi connectivity index (χ0n) is 54.7. The summed E-state index contributed by atoms with van der Waals surface area (Å²) in [6, 6.07) is 0. The molecule has 0 aliphatic carbocycles. The van der Waals surface area contributed by atoms with Gasteiger partial charge in [0.25, 0.3) is 0 Å². The van der Waals surface area contributed by atoms with Crippen molar-refractivity contribution in [2.24, 2.45) is 0 Å². The van der Waals surface area contributed by atoms with Crippen LogP contribution in [-0.4, -0.2) is 82.3 Å². The molecule has 0 aromatic rings. The van der Waals surface area contributed by atoms with Gasteiger partial charge in [0.2, 0.25) is 0 Å². The lowest BCUT2D eigenvalue weighted by molar-refractivity contribution is -0.870. The molecule has 0 rings (SSSR count). The lowest BCUT2D eigenvalue weighted by Crippen LogP contribution is -2.44. The first kappa shape index (κ1) is 78.8. The Bertz CT molecular complexity index is 1380. The average molecular weight is 1140 g/mol. The van der Waals surface area contributed by atoms with Crippen molar-refractivity contribution in [1.29, 1.82) is 0 Å². The smallest absolute Gasteiger partial charge is 0.306 e. The molecule has 0 spiro atoms. The van der Waals surface area contributed by atoms with Crippen LogP contribution in [0.4, 0.5) is 0 Å². The number of hydrogen-bond acceptors (Lipinski definition) is 8. The van der Waals surface area contributed by atoms with E-state index < -0.39 is 24.3 Å². The molecule has 0 bridgehead atoms. The molecule has 9 nitrogen and oxygen atoms in total. The molecule has 0 heterocycles. The molecule has 0 saturated carbocycles. The Hall–Kier alpha value is -2.23. The van der Waals surface area contributed by atoms with Gasteiger partial charge < -0.3 is 33.3 Å². The number of carboxylic acids is 1. The zero-order chi connectivity index (χ0) is 59.1. The van der Waals surface area contributed by atoms with Crippen molar-refractivity contribution < 1.29 is 42.9 Å². The number of ether oxygens (including phenoxy) is 4. The normalized spacial score (nSPS) is 12.8. The highest BCUT2D eigenvalue weighted by Gasteiger charge is 2.22. The highest BCUT2D eigenvalue weighted by molar-refractivity contribution is 5.70. The summed E-state index contributed by atoms with van der Waals surface area (Å²) in [5, 5.41) is 11.8. The van der Waals surface area contributed by atoms with Gasteiger partial charge in [0.1, 0.15) is 13.2 Å². The van der Waals surface area contributed by atoms with E-state index in [-0.39, 0.29) is 32.2 Å². The first-order valence-corrected chi connectivity index (χ1v) is 35.5. The molecule has 478 valence electrons. The predicted molar refractivity (Wildman–Crippen MR) is 343 cm³/mol. The second-order valence-electron chi connectivity index (χ2n) is 25.5. The van der Waals surface area contributed by atoms with Crippen LogP contribution in [0.2, 0.25) is 0 Å². The number of quaternary nitrogens is 1. The van der Waals surface area contributed by atoms with Crippen LogP contribution in [0.25, 0.3) is 0 Å². The van der Waals surface area contributed by atoms with Crippen LogP contribution in [0.5, 0.6) is 0 Å². The summed E-state index contributed by atoms with van der Waals surface area (Å²) in [4.78, 5) is 37.4. The van der Waals surface area contributed by atoms with Crippen molar-refractivity contribution in [1.82, 2.24) is 0 Å². The molecule has 0 aromatic heterocycles. The number of allylic oxidation sites excluding steroid dienone is 4. The van der Waals surface area contributed by atoms with E-state index in [9.17, 15) is 19.5 Å². The number of carboxylic acid groups (broad SMARTS) is 1. The number of nitrogens with zero attached hydrogens (tertiary/aromatic N) is 1. The summed E-state index contributed by atoms with van der Waals surface area (Å²) >= 11 is 0. The average Bonchev–Trinajstić information content (AvgIpc) is 3.44. The van der Waals surface area contributed by atoms with E-state index in [0.717, 1.165) is 44.9 Å². The molecule has 2 unspecified atom stereocenters. The van der Waals surface area contributed by atoms with E-state index in [1.165, 1.54) is 289 Å². The molecule has 0 radical (unpaired) electrons. The van der Waals surface area contributed by atoms with Crippen LogP contribution in [0.15, 0.2) is 24.3 Å². The van der Waals surface area contributed by atoms with Gasteiger partial charge in [-0.2, -0.15) is 0 Å². The molecule has 81 heavy (non-hydrogen) atoms. The van der Waals surface area contributed by atoms with E-state index >= 15 is 0 Å². The summed E-state index contributed by atoms with van der Waals surface area (Å²) in [6.45, 7) is 4.80. The predicted octanol–water partition coefficient (Wildman–Crippen LogP) is 20.5. The van der Waals surface area contributed by atoms with Crippen molar-refractivity contribution in [2.75, 3.05) is 47.5 Å². The minimum atomic E-state index is -1.62. The third-order valence-electron chi connectivity index (χ3n) is 16.2. The SMILES string of the molecule is CCCCCCC/C=C\C/C=C\CCCCCCCCCCCCCCCCCCCCCCCCCCCCCCCC(=O)OC(COC(=O)CCCCCCCCCCCCCCCCC)COC(OCC[N+](C)(C)C)C(=O)[O-]. The number of likely N-dealkylation sites (N-methyl/N-ethyl adjacent to an activating group) is 1. The van der Waals surface area contributed by atoms with Gasteiger partial charge in [-0.1, -0.05) is 327 Å². The highest BCUT2D eigenvalue weighted by atomic mass is 16.7. The number of unbranched alkanes of at least 4 members (excludes halogenated alkanes) is 48. The van der Waals surface area contributed by atoms with Gasteiger partial charge in [-0.15, -0.1) is 0 Å². The largest absolute Gasteiger partial charge is 0.545 e. The molecular weight excluding hydrogens is 1010 g/mol. The Morgan fingerprint density at radius 3 is 0.975 bits per heavy atom. The second-order valence-corrected chi connectivity index (χ2v) is 25.5. The molecule has 0 aromatic carbocycles. The van der Waals surface area contributed by atoms with Crippen molar-refractivity contribution in [3.05, 3.63) is 24.3 Å². The van der Waals surface area contributed by atoms with Gasteiger partial charge in [0.15, 0.2) is 12.4 Å². The Balaban J connectivity index is 3.88. The van der Waals surface area contributed by atoms with Crippen molar-refractivity contribution in [3.8, 4) is 0 Å². The third-order valence-corrected chi connectivity index (χ3v) is 16.2. The van der Waals surface area contributed by atoms with Crippen LogP contribution in [0.1, 0.15) is 361 Å². The molecule has 0 aliphatic heterocycles. The molecular formula is C72H137NO8. The first-order chi connectivity index (χ1) is 39.6. The Labute approximate surface area is 503 Å². The fraction of sp³-hybridized carbons (Fsp3) is 0.903. The Kier molecular flexibility index (Phi) is 62.0. The van der Waals surface area contributed by atoms with E-state index in [2.05, 4.69) is 38.2 Å². The van der Waals surface area contributed by atoms with Crippen molar-refractivity contribution in [3.63, 3.8) is 0 Å². The zero-order valence-corrected chi connectivity index (χ0v) is 54.7. The topological polar surface area (TPSA) is 111 Å². The lowest BCUT2D eigenvalue weighted by atomic mass is 10.0. The van der Waals surface area contributed by atoms with E-state index in [1.54, 1.807) is 0 Å². The number of rotatable bonds is 67. The number of aliphatic carboxylic acids is 1. The third kappa shape index (κ3) is 65.2. The summed E-state index contributed by atoms with van der Waals surface area (Å²) < 4.78 is 22.8. The lowest BCUT2D eigenvalue weighted by Gasteiger charge is -2.26. The van der Waals surface area contributed by atoms with Crippen molar-refractivity contribution >= 4 is 17.9 Å². The van der Waals surface area contributed by atoms with Gasteiger partial charge in [-0.05, 0) is 44.9 Å². The van der Waals surface area contributed by atoms with Crippen LogP contribution in [0, 0.1) is 0 Å². The first-order valence-electron chi connectivity index (χ1n) is 35.5. The summed E-state index contributed by atoms with van der Waals surface area (Å²) in [5.74, 6) is -2.25. The monoisotopic (exact) mass is 1140 g/mol.